The van der Waals surface area contributed by atoms with Crippen LogP contribution in [0.5, 0.6) is 0 Å². The van der Waals surface area contributed by atoms with Gasteiger partial charge in [0.05, 0.1) is 27.5 Å². The van der Waals surface area contributed by atoms with Gasteiger partial charge in [-0.2, -0.15) is 0 Å². The molecule has 0 spiro atoms. The Morgan fingerprint density at radius 1 is 1.19 bits per heavy atom. The number of aromatic nitrogens is 2. The van der Waals surface area contributed by atoms with Gasteiger partial charge in [-0.3, -0.25) is 15.0 Å². The molecule has 0 radical (unpaired) electrons. The van der Waals surface area contributed by atoms with Crippen molar-refractivity contribution in [2.45, 2.75) is 11.8 Å². The van der Waals surface area contributed by atoms with Crippen LogP contribution >= 0.6 is 11.6 Å². The van der Waals surface area contributed by atoms with Gasteiger partial charge in [-0.05, 0) is 30.3 Å². The molecule has 9 nitrogen and oxygen atoms in total. The van der Waals surface area contributed by atoms with E-state index in [9.17, 15) is 22.4 Å². The number of nitrogens with one attached hydrogen (secondary N) is 3. The van der Waals surface area contributed by atoms with E-state index in [-0.39, 0.29) is 21.5 Å². The van der Waals surface area contributed by atoms with Gasteiger partial charge in [-0.1, -0.05) is 17.7 Å². The van der Waals surface area contributed by atoms with Crippen molar-refractivity contribution >= 4 is 39.1 Å². The molecule has 1 heterocycles. The Labute approximate surface area is 182 Å². The van der Waals surface area contributed by atoms with E-state index in [0.717, 1.165) is 0 Å². The van der Waals surface area contributed by atoms with Crippen LogP contribution in [0.25, 0.3) is 11.3 Å². The molecule has 0 unspecified atom stereocenters. The fraction of sp³-hybridized carbons (Fsp3) is 0.105. The Bertz CT molecular complexity index is 1280. The zero-order chi connectivity index (χ0) is 22.8. The topological polar surface area (TPSA) is 122 Å². The summed E-state index contributed by atoms with van der Waals surface area (Å²) in [4.78, 5) is 29.4. The first-order valence-corrected chi connectivity index (χ1v) is 10.6. The maximum Gasteiger partial charge on any atom is 0.269 e. The van der Waals surface area contributed by atoms with E-state index in [0.29, 0.717) is 11.3 Å². The number of carbonyl (C=O) groups is 2. The molecule has 0 atom stereocenters. The maximum atomic E-state index is 14.4. The summed E-state index contributed by atoms with van der Waals surface area (Å²) >= 11 is 5.90. The van der Waals surface area contributed by atoms with Crippen LogP contribution in [0, 0.1) is 5.82 Å². The third kappa shape index (κ3) is 5.26. The molecule has 2 aromatic carbocycles. The van der Waals surface area contributed by atoms with E-state index in [1.807, 2.05) is 10.3 Å². The fourth-order valence-electron chi connectivity index (χ4n) is 2.65. The van der Waals surface area contributed by atoms with Crippen molar-refractivity contribution in [3.8, 4) is 11.3 Å². The largest absolute Gasteiger partial charge is 0.340 e. The second-order valence-corrected chi connectivity index (χ2v) is 8.60. The zero-order valence-electron chi connectivity index (χ0n) is 16.3. The van der Waals surface area contributed by atoms with Gasteiger partial charge in [0.25, 0.3) is 15.9 Å². The Morgan fingerprint density at radius 2 is 1.94 bits per heavy atom. The number of benzene rings is 2. The minimum atomic E-state index is -4.21. The predicted molar refractivity (Wildman–Crippen MR) is 112 cm³/mol. The molecule has 0 fully saturated rings. The van der Waals surface area contributed by atoms with E-state index in [2.05, 4.69) is 10.3 Å². The van der Waals surface area contributed by atoms with E-state index in [4.69, 9.17) is 11.6 Å². The lowest BCUT2D eigenvalue weighted by Gasteiger charge is -2.11. The Balaban J connectivity index is 1.82. The Morgan fingerprint density at radius 3 is 2.58 bits per heavy atom. The van der Waals surface area contributed by atoms with Crippen molar-refractivity contribution in [2.75, 3.05) is 5.32 Å². The van der Waals surface area contributed by atoms with Crippen molar-refractivity contribution in [1.82, 2.24) is 19.8 Å². The molecular weight excluding hydrogens is 449 g/mol. The second-order valence-electron chi connectivity index (χ2n) is 6.51. The summed E-state index contributed by atoms with van der Waals surface area (Å²) in [6, 6.07) is 7.91. The summed E-state index contributed by atoms with van der Waals surface area (Å²) in [5, 5.41) is 2.13. The molecule has 1 aromatic heterocycles. The number of aryl methyl sites for hydroxylation is 1. The lowest BCUT2D eigenvalue weighted by atomic mass is 10.1. The lowest BCUT2D eigenvalue weighted by Crippen LogP contribution is -2.41. The molecule has 3 N–H and O–H groups in total. The number of hydrogen-bond donors (Lipinski definition) is 3. The van der Waals surface area contributed by atoms with E-state index in [1.165, 1.54) is 49.6 Å². The van der Waals surface area contributed by atoms with Gasteiger partial charge in [0.15, 0.2) is 5.82 Å². The van der Waals surface area contributed by atoms with Crippen LogP contribution in [0.4, 0.5) is 10.1 Å². The molecule has 3 rings (SSSR count). The summed E-state index contributed by atoms with van der Waals surface area (Å²) in [6.07, 6.45) is 3.17. The van der Waals surface area contributed by atoms with Gasteiger partial charge in [0.2, 0.25) is 5.91 Å². The molecule has 162 valence electrons. The average molecular weight is 466 g/mol. The summed E-state index contributed by atoms with van der Waals surface area (Å²) in [7, 11) is -2.47. The molecular formula is C19H17ClFN5O4S. The minimum absolute atomic E-state index is 0.222. The van der Waals surface area contributed by atoms with Gasteiger partial charge >= 0.3 is 0 Å². The molecule has 12 heteroatoms. The van der Waals surface area contributed by atoms with Gasteiger partial charge < -0.3 is 9.88 Å². The number of rotatable bonds is 6. The zero-order valence-corrected chi connectivity index (χ0v) is 17.9. The Kier molecular flexibility index (Phi) is 6.39. The van der Waals surface area contributed by atoms with Gasteiger partial charge in [0, 0.05) is 31.4 Å². The predicted octanol–water partition coefficient (Wildman–Crippen LogP) is 2.46. The first-order chi connectivity index (χ1) is 14.6. The number of carbonyl (C=O) groups excluding carboxylic acids is 2. The van der Waals surface area contributed by atoms with Gasteiger partial charge in [0.1, 0.15) is 0 Å². The highest BCUT2D eigenvalue weighted by Gasteiger charge is 2.21. The molecule has 0 saturated carbocycles. The molecule has 0 aliphatic rings. The van der Waals surface area contributed by atoms with Crippen LogP contribution in [-0.2, 0) is 21.9 Å². The molecule has 31 heavy (non-hydrogen) atoms. The van der Waals surface area contributed by atoms with Crippen molar-refractivity contribution in [3.05, 3.63) is 65.3 Å². The van der Waals surface area contributed by atoms with E-state index in [1.54, 1.807) is 17.8 Å². The van der Waals surface area contributed by atoms with Crippen LogP contribution in [0.2, 0.25) is 5.02 Å². The van der Waals surface area contributed by atoms with Crippen molar-refractivity contribution < 1.29 is 22.4 Å². The van der Waals surface area contributed by atoms with Crippen LogP contribution in [0.3, 0.4) is 0 Å². The van der Waals surface area contributed by atoms with Crippen molar-refractivity contribution in [3.63, 3.8) is 0 Å². The summed E-state index contributed by atoms with van der Waals surface area (Å²) in [5.74, 6) is -2.44. The number of hydrogen-bond acceptors (Lipinski definition) is 5. The molecule has 0 aliphatic carbocycles. The van der Waals surface area contributed by atoms with Gasteiger partial charge in [-0.25, -0.2) is 17.8 Å². The molecule has 0 bridgehead atoms. The van der Waals surface area contributed by atoms with Crippen molar-refractivity contribution in [2.24, 2.45) is 7.05 Å². The van der Waals surface area contributed by atoms with Crippen LogP contribution < -0.4 is 15.6 Å². The molecule has 0 aliphatic heterocycles. The highest BCUT2D eigenvalue weighted by atomic mass is 35.5. The fourth-order valence-corrected chi connectivity index (χ4v) is 3.75. The third-order valence-electron chi connectivity index (χ3n) is 4.04. The first kappa shape index (κ1) is 22.4. The maximum absolute atomic E-state index is 14.4. The van der Waals surface area contributed by atoms with Crippen molar-refractivity contribution in [1.29, 1.82) is 0 Å². The quantitative estimate of drug-likeness (QED) is 0.483. The summed E-state index contributed by atoms with van der Waals surface area (Å²) < 4.78 is 41.1. The molecule has 0 saturated heterocycles. The summed E-state index contributed by atoms with van der Waals surface area (Å²) in [6.45, 7) is 1.28. The normalized spacial score (nSPS) is 11.2. The number of amides is 2. The first-order valence-electron chi connectivity index (χ1n) is 8.74. The number of hydrazine groups is 1. The number of nitrogens with zero attached hydrogens (tertiary/aromatic N) is 2. The lowest BCUT2D eigenvalue weighted by molar-refractivity contribution is -0.114. The molecule has 2 amide bonds. The SMILES string of the molecule is CC(=O)Nc1cccc(S(=O)(=O)NNC(=O)c2cc(-c3cn(C)cn3)cc(Cl)c2F)c1. The highest BCUT2D eigenvalue weighted by molar-refractivity contribution is 7.89. The summed E-state index contributed by atoms with van der Waals surface area (Å²) in [5.41, 5.74) is 2.57. The van der Waals surface area contributed by atoms with E-state index >= 15 is 0 Å². The number of halogens is 2. The minimum Gasteiger partial charge on any atom is -0.340 e. The van der Waals surface area contributed by atoms with Gasteiger partial charge in [-0.15, -0.1) is 4.83 Å². The number of imidazole rings is 1. The van der Waals surface area contributed by atoms with Crippen LogP contribution in [-0.4, -0.2) is 29.8 Å². The molecule has 3 aromatic rings. The van der Waals surface area contributed by atoms with E-state index < -0.39 is 27.3 Å². The highest BCUT2D eigenvalue weighted by Crippen LogP contribution is 2.27. The van der Waals surface area contributed by atoms with Crippen LogP contribution in [0.15, 0.2) is 53.8 Å². The Hall–Kier alpha value is -3.28. The monoisotopic (exact) mass is 465 g/mol. The van der Waals surface area contributed by atoms with Crippen LogP contribution in [0.1, 0.15) is 17.3 Å². The average Bonchev–Trinajstić information content (AvgIpc) is 3.14. The number of anilines is 1. The smallest absolute Gasteiger partial charge is 0.269 e. The standard InChI is InChI=1S/C19H17ClFN5O4S/c1-11(27)23-13-4-3-5-14(8-13)31(29,30)25-24-19(28)15-6-12(7-16(20)18(15)21)17-9-26(2)10-22-17/h3-10,25H,1-2H3,(H,23,27)(H,24,28). The third-order valence-corrected chi connectivity index (χ3v) is 5.56. The second kappa shape index (κ2) is 8.84. The number of sulfonamides is 1.